The van der Waals surface area contributed by atoms with Crippen LogP contribution >= 0.6 is 0 Å². The summed E-state index contributed by atoms with van der Waals surface area (Å²) in [7, 11) is 1.94. The van der Waals surface area contributed by atoms with Crippen LogP contribution in [0.3, 0.4) is 0 Å². The molecule has 1 fully saturated rings. The molecule has 0 atom stereocenters. The van der Waals surface area contributed by atoms with Crippen molar-refractivity contribution in [2.45, 2.75) is 26.7 Å². The van der Waals surface area contributed by atoms with Crippen molar-refractivity contribution in [2.24, 2.45) is 5.41 Å². The SMILES string of the molecule is CNCCCN1CCC(C)(C)C1=O. The topological polar surface area (TPSA) is 32.3 Å². The monoisotopic (exact) mass is 184 g/mol. The number of hydrogen-bond acceptors (Lipinski definition) is 2. The van der Waals surface area contributed by atoms with Crippen LogP contribution in [0.2, 0.25) is 0 Å². The van der Waals surface area contributed by atoms with Crippen molar-refractivity contribution in [3.05, 3.63) is 0 Å². The maximum atomic E-state index is 11.7. The lowest BCUT2D eigenvalue weighted by Gasteiger charge is -2.19. The van der Waals surface area contributed by atoms with Crippen molar-refractivity contribution in [3.8, 4) is 0 Å². The average Bonchev–Trinajstić information content (AvgIpc) is 2.32. The first-order valence-electron chi connectivity index (χ1n) is 5.02. The zero-order chi connectivity index (χ0) is 9.90. The number of hydrogen-bond donors (Lipinski definition) is 1. The van der Waals surface area contributed by atoms with Crippen LogP contribution in [0, 0.1) is 5.41 Å². The Kier molecular flexibility index (Phi) is 3.31. The molecule has 1 N–H and O–H groups in total. The standard InChI is InChI=1S/C10H20N2O/c1-10(2)5-8-12(9(10)13)7-4-6-11-3/h11H,4-8H2,1-3H3. The molecule has 0 aliphatic carbocycles. The molecule has 0 radical (unpaired) electrons. The lowest BCUT2D eigenvalue weighted by Crippen LogP contribution is -2.32. The number of carbonyl (C=O) groups is 1. The highest BCUT2D eigenvalue weighted by Gasteiger charge is 2.37. The fraction of sp³-hybridized carbons (Fsp3) is 0.900. The predicted octanol–water partition coefficient (Wildman–Crippen LogP) is 0.854. The molecule has 1 rings (SSSR count). The second-order valence-corrected chi connectivity index (χ2v) is 4.38. The van der Waals surface area contributed by atoms with Gasteiger partial charge in [0, 0.05) is 18.5 Å². The number of amides is 1. The Morgan fingerprint density at radius 2 is 2.23 bits per heavy atom. The lowest BCUT2D eigenvalue weighted by atomic mass is 9.92. The van der Waals surface area contributed by atoms with E-state index in [1.807, 2.05) is 25.8 Å². The first kappa shape index (κ1) is 10.5. The number of likely N-dealkylation sites (tertiary alicyclic amines) is 1. The van der Waals surface area contributed by atoms with Crippen molar-refractivity contribution in [3.63, 3.8) is 0 Å². The van der Waals surface area contributed by atoms with Gasteiger partial charge in [0.25, 0.3) is 0 Å². The first-order chi connectivity index (χ1) is 6.08. The minimum atomic E-state index is -0.111. The number of rotatable bonds is 4. The van der Waals surface area contributed by atoms with Gasteiger partial charge in [0.2, 0.25) is 5.91 Å². The van der Waals surface area contributed by atoms with Gasteiger partial charge in [-0.2, -0.15) is 0 Å². The van der Waals surface area contributed by atoms with Gasteiger partial charge in [-0.05, 0) is 26.4 Å². The molecule has 1 amide bonds. The van der Waals surface area contributed by atoms with Crippen molar-refractivity contribution in [2.75, 3.05) is 26.7 Å². The second-order valence-electron chi connectivity index (χ2n) is 4.38. The van der Waals surface area contributed by atoms with Crippen LogP contribution in [0.15, 0.2) is 0 Å². The largest absolute Gasteiger partial charge is 0.342 e. The maximum Gasteiger partial charge on any atom is 0.228 e. The Morgan fingerprint density at radius 3 is 2.69 bits per heavy atom. The van der Waals surface area contributed by atoms with E-state index in [9.17, 15) is 4.79 Å². The molecule has 3 nitrogen and oxygen atoms in total. The molecule has 1 heterocycles. The van der Waals surface area contributed by atoms with E-state index in [-0.39, 0.29) is 5.41 Å². The van der Waals surface area contributed by atoms with Crippen LogP contribution < -0.4 is 5.32 Å². The van der Waals surface area contributed by atoms with Gasteiger partial charge in [0.1, 0.15) is 0 Å². The molecule has 0 aromatic rings. The first-order valence-corrected chi connectivity index (χ1v) is 5.02. The number of nitrogens with zero attached hydrogens (tertiary/aromatic N) is 1. The van der Waals surface area contributed by atoms with E-state index >= 15 is 0 Å². The minimum Gasteiger partial charge on any atom is -0.342 e. The quantitative estimate of drug-likeness (QED) is 0.657. The maximum absolute atomic E-state index is 11.7. The summed E-state index contributed by atoms with van der Waals surface area (Å²) in [6.07, 6.45) is 2.06. The molecule has 0 aromatic carbocycles. The van der Waals surface area contributed by atoms with E-state index < -0.39 is 0 Å². The van der Waals surface area contributed by atoms with Crippen molar-refractivity contribution in [1.82, 2.24) is 10.2 Å². The second kappa shape index (κ2) is 4.09. The van der Waals surface area contributed by atoms with Crippen molar-refractivity contribution < 1.29 is 4.79 Å². The summed E-state index contributed by atoms with van der Waals surface area (Å²) in [6.45, 7) is 6.91. The van der Waals surface area contributed by atoms with E-state index in [4.69, 9.17) is 0 Å². The number of carbonyl (C=O) groups excluding carboxylic acids is 1. The van der Waals surface area contributed by atoms with Crippen LogP contribution in [0.1, 0.15) is 26.7 Å². The highest BCUT2D eigenvalue weighted by Crippen LogP contribution is 2.30. The van der Waals surface area contributed by atoms with E-state index in [0.29, 0.717) is 5.91 Å². The Morgan fingerprint density at radius 1 is 1.54 bits per heavy atom. The third kappa shape index (κ3) is 2.44. The zero-order valence-corrected chi connectivity index (χ0v) is 8.89. The highest BCUT2D eigenvalue weighted by atomic mass is 16.2. The highest BCUT2D eigenvalue weighted by molar-refractivity contribution is 5.83. The molecule has 0 saturated carbocycles. The molecule has 1 aliphatic rings. The molecular formula is C10H20N2O. The lowest BCUT2D eigenvalue weighted by molar-refractivity contribution is -0.134. The summed E-state index contributed by atoms with van der Waals surface area (Å²) < 4.78 is 0. The van der Waals surface area contributed by atoms with Gasteiger partial charge in [-0.1, -0.05) is 13.8 Å². The van der Waals surface area contributed by atoms with E-state index in [1.165, 1.54) is 0 Å². The summed E-state index contributed by atoms with van der Waals surface area (Å²) in [5, 5.41) is 3.09. The van der Waals surface area contributed by atoms with Crippen LogP contribution in [0.25, 0.3) is 0 Å². The molecule has 13 heavy (non-hydrogen) atoms. The number of nitrogens with one attached hydrogen (secondary N) is 1. The van der Waals surface area contributed by atoms with Gasteiger partial charge in [0.05, 0.1) is 0 Å². The molecule has 0 aromatic heterocycles. The Bertz CT molecular complexity index is 189. The van der Waals surface area contributed by atoms with Gasteiger partial charge in [-0.3, -0.25) is 4.79 Å². The van der Waals surface area contributed by atoms with Gasteiger partial charge in [0.15, 0.2) is 0 Å². The molecule has 3 heteroatoms. The van der Waals surface area contributed by atoms with Crippen molar-refractivity contribution >= 4 is 5.91 Å². The van der Waals surface area contributed by atoms with Crippen LogP contribution in [-0.2, 0) is 4.79 Å². The predicted molar refractivity (Wildman–Crippen MR) is 53.5 cm³/mol. The van der Waals surface area contributed by atoms with Crippen LogP contribution in [0.4, 0.5) is 0 Å². The minimum absolute atomic E-state index is 0.111. The third-order valence-electron chi connectivity index (χ3n) is 2.73. The Balaban J connectivity index is 2.33. The molecule has 1 aliphatic heterocycles. The molecule has 0 bridgehead atoms. The van der Waals surface area contributed by atoms with E-state index in [2.05, 4.69) is 5.32 Å². The molecule has 0 unspecified atom stereocenters. The zero-order valence-electron chi connectivity index (χ0n) is 8.89. The Labute approximate surface area is 80.5 Å². The molecule has 76 valence electrons. The summed E-state index contributed by atoms with van der Waals surface area (Å²) in [6, 6.07) is 0. The molecular weight excluding hydrogens is 164 g/mol. The summed E-state index contributed by atoms with van der Waals surface area (Å²) >= 11 is 0. The van der Waals surface area contributed by atoms with E-state index in [1.54, 1.807) is 0 Å². The van der Waals surface area contributed by atoms with Gasteiger partial charge < -0.3 is 10.2 Å². The smallest absolute Gasteiger partial charge is 0.228 e. The Hall–Kier alpha value is -0.570. The normalized spacial score (nSPS) is 21.2. The fourth-order valence-electron chi connectivity index (χ4n) is 1.71. The van der Waals surface area contributed by atoms with Gasteiger partial charge >= 0.3 is 0 Å². The summed E-state index contributed by atoms with van der Waals surface area (Å²) in [4.78, 5) is 13.7. The van der Waals surface area contributed by atoms with Crippen LogP contribution in [0.5, 0.6) is 0 Å². The van der Waals surface area contributed by atoms with E-state index in [0.717, 1.165) is 32.5 Å². The van der Waals surface area contributed by atoms with Crippen molar-refractivity contribution in [1.29, 1.82) is 0 Å². The molecule has 1 saturated heterocycles. The van der Waals surface area contributed by atoms with Crippen LogP contribution in [-0.4, -0.2) is 37.5 Å². The summed E-state index contributed by atoms with van der Waals surface area (Å²) in [5.74, 6) is 0.323. The molecule has 0 spiro atoms. The third-order valence-corrected chi connectivity index (χ3v) is 2.73. The summed E-state index contributed by atoms with van der Waals surface area (Å²) in [5.41, 5.74) is -0.111. The average molecular weight is 184 g/mol. The van der Waals surface area contributed by atoms with Gasteiger partial charge in [-0.25, -0.2) is 0 Å². The fourth-order valence-corrected chi connectivity index (χ4v) is 1.71. The van der Waals surface area contributed by atoms with Gasteiger partial charge in [-0.15, -0.1) is 0 Å².